The van der Waals surface area contributed by atoms with E-state index in [1.807, 2.05) is 12.1 Å². The average Bonchev–Trinajstić information content (AvgIpc) is 2.47. The van der Waals surface area contributed by atoms with Crippen LogP contribution in [0, 0.1) is 5.82 Å². The molecule has 20 heavy (non-hydrogen) atoms. The van der Waals surface area contributed by atoms with Gasteiger partial charge in [-0.05, 0) is 24.3 Å². The Hall–Kier alpha value is -1.26. The average molecular weight is 360 g/mol. The van der Waals surface area contributed by atoms with Crippen LogP contribution in [0.15, 0.2) is 40.9 Å². The summed E-state index contributed by atoms with van der Waals surface area (Å²) in [6.45, 7) is 0.120. The van der Waals surface area contributed by atoms with Gasteiger partial charge in [0.05, 0.1) is 13.0 Å². The van der Waals surface area contributed by atoms with Crippen molar-refractivity contribution in [1.29, 1.82) is 0 Å². The molecule has 0 saturated heterocycles. The van der Waals surface area contributed by atoms with Gasteiger partial charge in [-0.15, -0.1) is 11.6 Å². The van der Waals surface area contributed by atoms with E-state index in [1.54, 1.807) is 24.3 Å². The van der Waals surface area contributed by atoms with Gasteiger partial charge >= 0.3 is 0 Å². The van der Waals surface area contributed by atoms with Crippen LogP contribution in [0.1, 0.15) is 11.1 Å². The van der Waals surface area contributed by atoms with Crippen LogP contribution in [0.2, 0.25) is 0 Å². The van der Waals surface area contributed by atoms with Gasteiger partial charge in [0.1, 0.15) is 12.4 Å². The first-order valence-corrected chi connectivity index (χ1v) is 7.27. The molecule has 0 saturated carbocycles. The molecule has 0 aliphatic rings. The lowest BCUT2D eigenvalue weighted by Crippen LogP contribution is -2.01. The summed E-state index contributed by atoms with van der Waals surface area (Å²) in [6.07, 6.45) is 0. The van der Waals surface area contributed by atoms with E-state index in [0.717, 1.165) is 10.0 Å². The van der Waals surface area contributed by atoms with Crippen LogP contribution in [0.3, 0.4) is 0 Å². The predicted molar refractivity (Wildman–Crippen MR) is 81.0 cm³/mol. The fourth-order valence-electron chi connectivity index (χ4n) is 1.77. The molecule has 0 atom stereocenters. The Morgan fingerprint density at radius 2 is 1.95 bits per heavy atom. The van der Waals surface area contributed by atoms with Crippen LogP contribution in [0.5, 0.6) is 11.5 Å². The molecule has 0 spiro atoms. The topological polar surface area (TPSA) is 18.5 Å². The number of ether oxygens (including phenoxy) is 2. The van der Waals surface area contributed by atoms with Gasteiger partial charge in [0.15, 0.2) is 11.6 Å². The minimum atomic E-state index is -0.403. The van der Waals surface area contributed by atoms with Gasteiger partial charge in [-0.3, -0.25) is 0 Å². The Morgan fingerprint density at radius 3 is 2.65 bits per heavy atom. The second kappa shape index (κ2) is 6.95. The largest absolute Gasteiger partial charge is 0.494 e. The molecule has 0 radical (unpaired) electrons. The Labute approximate surface area is 130 Å². The van der Waals surface area contributed by atoms with Gasteiger partial charge in [0, 0.05) is 15.6 Å². The van der Waals surface area contributed by atoms with Crippen LogP contribution in [-0.2, 0) is 12.5 Å². The number of halogens is 3. The highest BCUT2D eigenvalue weighted by Crippen LogP contribution is 2.27. The van der Waals surface area contributed by atoms with Gasteiger partial charge in [-0.1, -0.05) is 28.1 Å². The van der Waals surface area contributed by atoms with E-state index in [-0.39, 0.29) is 12.4 Å². The monoisotopic (exact) mass is 358 g/mol. The lowest BCUT2D eigenvalue weighted by atomic mass is 10.2. The van der Waals surface area contributed by atoms with Crippen molar-refractivity contribution in [3.63, 3.8) is 0 Å². The number of benzene rings is 2. The number of methoxy groups -OCH3 is 1. The summed E-state index contributed by atoms with van der Waals surface area (Å²) < 4.78 is 25.5. The van der Waals surface area contributed by atoms with Gasteiger partial charge in [0.25, 0.3) is 0 Å². The first kappa shape index (κ1) is 15.1. The van der Waals surface area contributed by atoms with E-state index >= 15 is 0 Å². The van der Waals surface area contributed by atoms with Gasteiger partial charge in [0.2, 0.25) is 0 Å². The highest BCUT2D eigenvalue weighted by atomic mass is 79.9. The van der Waals surface area contributed by atoms with Crippen LogP contribution in [-0.4, -0.2) is 7.11 Å². The van der Waals surface area contributed by atoms with Gasteiger partial charge in [-0.2, -0.15) is 0 Å². The second-order valence-electron chi connectivity index (χ2n) is 4.11. The third-order valence-corrected chi connectivity index (χ3v) is 3.59. The van der Waals surface area contributed by atoms with Crippen molar-refractivity contribution in [2.45, 2.75) is 12.5 Å². The van der Waals surface area contributed by atoms with Crippen LogP contribution in [0.25, 0.3) is 0 Å². The first-order chi connectivity index (χ1) is 9.65. The summed E-state index contributed by atoms with van der Waals surface area (Å²) >= 11 is 9.24. The molecular weight excluding hydrogens is 347 g/mol. The van der Waals surface area contributed by atoms with Crippen molar-refractivity contribution in [1.82, 2.24) is 0 Å². The van der Waals surface area contributed by atoms with Crippen molar-refractivity contribution in [2.24, 2.45) is 0 Å². The molecule has 2 rings (SSSR count). The van der Waals surface area contributed by atoms with E-state index < -0.39 is 5.82 Å². The van der Waals surface area contributed by atoms with Crippen LogP contribution in [0.4, 0.5) is 4.39 Å². The first-order valence-electron chi connectivity index (χ1n) is 5.94. The highest BCUT2D eigenvalue weighted by Gasteiger charge is 2.10. The molecule has 0 amide bonds. The maximum atomic E-state index is 14.0. The zero-order chi connectivity index (χ0) is 14.5. The molecule has 0 heterocycles. The Kier molecular flexibility index (Phi) is 5.26. The standard InChI is InChI=1S/C15H13BrClFO2/c1-19-14-4-2-3-10(15(14)18)9-20-13-6-5-12(16)7-11(13)8-17/h2-7H,8-9H2,1H3. The quantitative estimate of drug-likeness (QED) is 0.706. The molecule has 0 aliphatic carbocycles. The third kappa shape index (κ3) is 3.44. The van der Waals surface area contributed by atoms with Crippen molar-refractivity contribution in [2.75, 3.05) is 7.11 Å². The van der Waals surface area contributed by atoms with Crippen molar-refractivity contribution < 1.29 is 13.9 Å². The van der Waals surface area contributed by atoms with E-state index in [2.05, 4.69) is 15.9 Å². The van der Waals surface area contributed by atoms with Crippen LogP contribution >= 0.6 is 27.5 Å². The molecule has 0 aliphatic heterocycles. The van der Waals surface area contributed by atoms with Crippen molar-refractivity contribution >= 4 is 27.5 Å². The summed E-state index contributed by atoms with van der Waals surface area (Å²) in [5.41, 5.74) is 1.29. The Morgan fingerprint density at radius 1 is 1.15 bits per heavy atom. The fourth-order valence-corrected chi connectivity index (χ4v) is 2.39. The highest BCUT2D eigenvalue weighted by molar-refractivity contribution is 9.10. The van der Waals surface area contributed by atoms with Gasteiger partial charge in [-0.25, -0.2) is 4.39 Å². The molecule has 0 unspecified atom stereocenters. The van der Waals surface area contributed by atoms with Crippen LogP contribution < -0.4 is 9.47 Å². The second-order valence-corrected chi connectivity index (χ2v) is 5.29. The van der Waals surface area contributed by atoms with E-state index in [0.29, 0.717) is 17.2 Å². The van der Waals surface area contributed by atoms with E-state index in [4.69, 9.17) is 21.1 Å². The normalized spacial score (nSPS) is 10.4. The number of hydrogen-bond donors (Lipinski definition) is 0. The summed E-state index contributed by atoms with van der Waals surface area (Å²) in [7, 11) is 1.43. The molecule has 0 bridgehead atoms. The molecule has 2 nitrogen and oxygen atoms in total. The van der Waals surface area contributed by atoms with Crippen molar-refractivity contribution in [3.8, 4) is 11.5 Å². The molecular formula is C15H13BrClFO2. The lowest BCUT2D eigenvalue weighted by Gasteiger charge is -2.12. The number of hydrogen-bond acceptors (Lipinski definition) is 2. The van der Waals surface area contributed by atoms with E-state index in [9.17, 15) is 4.39 Å². The SMILES string of the molecule is COc1cccc(COc2ccc(Br)cc2CCl)c1F. The zero-order valence-corrected chi connectivity index (χ0v) is 13.2. The summed E-state index contributed by atoms with van der Waals surface area (Å²) in [6, 6.07) is 10.5. The molecule has 2 aromatic rings. The lowest BCUT2D eigenvalue weighted by molar-refractivity contribution is 0.293. The summed E-state index contributed by atoms with van der Waals surface area (Å²) in [5, 5.41) is 0. The number of alkyl halides is 1. The third-order valence-electron chi connectivity index (χ3n) is 2.81. The smallest absolute Gasteiger partial charge is 0.171 e. The Balaban J connectivity index is 2.17. The maximum absolute atomic E-state index is 14.0. The predicted octanol–water partition coefficient (Wildman–Crippen LogP) is 4.91. The summed E-state index contributed by atoms with van der Waals surface area (Å²) in [4.78, 5) is 0. The molecule has 0 N–H and O–H groups in total. The molecule has 0 aromatic heterocycles. The minimum absolute atomic E-state index is 0.120. The minimum Gasteiger partial charge on any atom is -0.494 e. The maximum Gasteiger partial charge on any atom is 0.171 e. The van der Waals surface area contributed by atoms with Gasteiger partial charge < -0.3 is 9.47 Å². The summed E-state index contributed by atoms with van der Waals surface area (Å²) in [5.74, 6) is 0.777. The molecule has 2 aromatic carbocycles. The Bertz CT molecular complexity index is 604. The number of rotatable bonds is 5. The fraction of sp³-hybridized carbons (Fsp3) is 0.200. The van der Waals surface area contributed by atoms with Crippen molar-refractivity contribution in [3.05, 3.63) is 57.8 Å². The zero-order valence-electron chi connectivity index (χ0n) is 10.8. The van der Waals surface area contributed by atoms with E-state index in [1.165, 1.54) is 7.11 Å². The molecule has 5 heteroatoms. The molecule has 106 valence electrons. The molecule has 0 fully saturated rings.